The number of amides is 1. The fraction of sp³-hybridized carbons (Fsp3) is 0.391. The summed E-state index contributed by atoms with van der Waals surface area (Å²) in [6.07, 6.45) is 0.762. The van der Waals surface area contributed by atoms with Gasteiger partial charge in [0.2, 0.25) is 0 Å². The predicted octanol–water partition coefficient (Wildman–Crippen LogP) is 3.97. The lowest BCUT2D eigenvalue weighted by Crippen LogP contribution is -2.37. The first kappa shape index (κ1) is 27.8. The molecule has 0 heterocycles. The van der Waals surface area contributed by atoms with Gasteiger partial charge < -0.3 is 25.0 Å². The Hall–Kier alpha value is -2.20. The maximum atomic E-state index is 12.1. The molecule has 2 aromatic carbocycles. The predicted molar refractivity (Wildman–Crippen MR) is 141 cm³/mol. The van der Waals surface area contributed by atoms with Crippen LogP contribution in [0.4, 0.5) is 0 Å². The van der Waals surface area contributed by atoms with E-state index in [2.05, 4.69) is 15.6 Å². The van der Waals surface area contributed by atoms with Crippen LogP contribution in [0.15, 0.2) is 41.4 Å². The molecule has 0 unspecified atom stereocenters. The molecule has 0 radical (unpaired) electrons. The van der Waals surface area contributed by atoms with E-state index < -0.39 is 0 Å². The van der Waals surface area contributed by atoms with E-state index in [1.807, 2.05) is 43.3 Å². The SMILES string of the molecule is CCOc1c(Cl)cc(CNC(=NC)NCCc2cccc(C(=O)N(C)C)c2)cc1OC.I. The molecule has 1 amide bonds. The fourth-order valence-electron chi connectivity index (χ4n) is 3.01. The van der Waals surface area contributed by atoms with E-state index in [1.54, 1.807) is 33.2 Å². The number of carbonyl (C=O) groups is 1. The topological polar surface area (TPSA) is 75.2 Å². The largest absolute Gasteiger partial charge is 0.493 e. The average Bonchev–Trinajstić information content (AvgIpc) is 2.77. The van der Waals surface area contributed by atoms with Gasteiger partial charge in [0.1, 0.15) is 0 Å². The van der Waals surface area contributed by atoms with E-state index in [0.29, 0.717) is 47.7 Å². The van der Waals surface area contributed by atoms with Crippen molar-refractivity contribution in [2.45, 2.75) is 19.9 Å². The summed E-state index contributed by atoms with van der Waals surface area (Å²) in [5.74, 6) is 1.82. The summed E-state index contributed by atoms with van der Waals surface area (Å²) in [6, 6.07) is 11.4. The van der Waals surface area contributed by atoms with Gasteiger partial charge in [0.15, 0.2) is 17.5 Å². The van der Waals surface area contributed by atoms with Gasteiger partial charge in [-0.1, -0.05) is 23.7 Å². The first-order valence-electron chi connectivity index (χ1n) is 10.1. The number of methoxy groups -OCH3 is 1. The maximum Gasteiger partial charge on any atom is 0.253 e. The van der Waals surface area contributed by atoms with Crippen LogP contribution in [0.5, 0.6) is 11.5 Å². The molecule has 176 valence electrons. The smallest absolute Gasteiger partial charge is 0.253 e. The van der Waals surface area contributed by atoms with E-state index in [9.17, 15) is 4.79 Å². The molecule has 0 aliphatic heterocycles. The second kappa shape index (κ2) is 14.1. The molecule has 2 N–H and O–H groups in total. The Labute approximate surface area is 212 Å². The number of carbonyl (C=O) groups excluding carboxylic acids is 1. The molecule has 0 fully saturated rings. The molecular formula is C23H32ClIN4O3. The zero-order valence-corrected chi connectivity index (χ0v) is 22.3. The lowest BCUT2D eigenvalue weighted by atomic mass is 10.1. The van der Waals surface area contributed by atoms with Gasteiger partial charge in [0.05, 0.1) is 18.7 Å². The third-order valence-corrected chi connectivity index (χ3v) is 4.83. The van der Waals surface area contributed by atoms with Crippen molar-refractivity contribution in [1.82, 2.24) is 15.5 Å². The Morgan fingerprint density at radius 2 is 1.91 bits per heavy atom. The number of guanidine groups is 1. The molecular weight excluding hydrogens is 543 g/mol. The third kappa shape index (κ3) is 8.05. The van der Waals surface area contributed by atoms with E-state index >= 15 is 0 Å². The lowest BCUT2D eigenvalue weighted by Gasteiger charge is -2.15. The third-order valence-electron chi connectivity index (χ3n) is 4.55. The standard InChI is InChI=1S/C23H31ClN4O3.HI/c1-6-31-21-19(24)13-17(14-20(21)30-5)15-27-23(25-2)26-11-10-16-8-7-9-18(12-16)22(29)28(3)4;/h7-9,12-14H,6,10-11,15H2,1-5H3,(H2,25,26,27);1H. The second-order valence-electron chi connectivity index (χ2n) is 7.04. The Morgan fingerprint density at radius 1 is 1.16 bits per heavy atom. The monoisotopic (exact) mass is 574 g/mol. The molecule has 0 aliphatic carbocycles. The van der Waals surface area contributed by atoms with Gasteiger partial charge in [0.25, 0.3) is 5.91 Å². The number of hydrogen-bond donors (Lipinski definition) is 2. The van der Waals surface area contributed by atoms with Crippen molar-refractivity contribution in [2.75, 3.05) is 41.4 Å². The van der Waals surface area contributed by atoms with Crippen molar-refractivity contribution in [3.05, 3.63) is 58.1 Å². The average molecular weight is 575 g/mol. The Kier molecular flexibility index (Phi) is 12.2. The van der Waals surface area contributed by atoms with Gasteiger partial charge in [-0.05, 0) is 48.7 Å². The number of aliphatic imine (C=N–C) groups is 1. The first-order chi connectivity index (χ1) is 14.9. The molecule has 0 aromatic heterocycles. The van der Waals surface area contributed by atoms with Crippen molar-refractivity contribution in [3.8, 4) is 11.5 Å². The molecule has 0 aliphatic rings. The highest BCUT2D eigenvalue weighted by atomic mass is 127. The highest BCUT2D eigenvalue weighted by Gasteiger charge is 2.12. The van der Waals surface area contributed by atoms with Crippen LogP contribution in [0, 0.1) is 0 Å². The first-order valence-corrected chi connectivity index (χ1v) is 10.5. The summed E-state index contributed by atoms with van der Waals surface area (Å²) in [5.41, 5.74) is 2.72. The van der Waals surface area contributed by atoms with Crippen molar-refractivity contribution in [1.29, 1.82) is 0 Å². The fourth-order valence-corrected chi connectivity index (χ4v) is 3.30. The molecule has 0 saturated carbocycles. The zero-order valence-electron chi connectivity index (χ0n) is 19.2. The molecule has 0 atom stereocenters. The summed E-state index contributed by atoms with van der Waals surface area (Å²) in [4.78, 5) is 18.0. The minimum atomic E-state index is -0.00303. The zero-order chi connectivity index (χ0) is 22.8. The number of ether oxygens (including phenoxy) is 2. The Balaban J connectivity index is 0.00000512. The summed E-state index contributed by atoms with van der Waals surface area (Å²) in [7, 11) is 6.81. The van der Waals surface area contributed by atoms with Crippen molar-refractivity contribution >= 4 is 47.4 Å². The molecule has 0 saturated heterocycles. The van der Waals surface area contributed by atoms with E-state index in [4.69, 9.17) is 21.1 Å². The van der Waals surface area contributed by atoms with Crippen molar-refractivity contribution in [3.63, 3.8) is 0 Å². The van der Waals surface area contributed by atoms with E-state index in [1.165, 1.54) is 0 Å². The van der Waals surface area contributed by atoms with Crippen LogP contribution in [0.1, 0.15) is 28.4 Å². The van der Waals surface area contributed by atoms with Crippen LogP contribution < -0.4 is 20.1 Å². The van der Waals surface area contributed by atoms with Crippen LogP contribution in [0.3, 0.4) is 0 Å². The number of benzene rings is 2. The molecule has 7 nitrogen and oxygen atoms in total. The number of halogens is 2. The molecule has 0 spiro atoms. The Bertz CT molecular complexity index is 922. The van der Waals surface area contributed by atoms with Gasteiger partial charge in [-0.25, -0.2) is 0 Å². The van der Waals surface area contributed by atoms with Crippen LogP contribution in [0.25, 0.3) is 0 Å². The summed E-state index contributed by atoms with van der Waals surface area (Å²) in [5, 5.41) is 7.07. The quantitative estimate of drug-likeness (QED) is 0.269. The minimum absolute atomic E-state index is 0. The molecule has 2 rings (SSSR count). The lowest BCUT2D eigenvalue weighted by molar-refractivity contribution is 0.0827. The van der Waals surface area contributed by atoms with Crippen LogP contribution in [0.2, 0.25) is 5.02 Å². The summed E-state index contributed by atoms with van der Waals surface area (Å²) >= 11 is 6.34. The van der Waals surface area contributed by atoms with Gasteiger partial charge in [-0.3, -0.25) is 9.79 Å². The molecule has 9 heteroatoms. The normalized spacial score (nSPS) is 10.8. The highest BCUT2D eigenvalue weighted by Crippen LogP contribution is 2.36. The summed E-state index contributed by atoms with van der Waals surface area (Å²) in [6.45, 7) is 3.61. The molecule has 32 heavy (non-hydrogen) atoms. The Morgan fingerprint density at radius 3 is 2.53 bits per heavy atom. The second-order valence-corrected chi connectivity index (χ2v) is 7.45. The van der Waals surface area contributed by atoms with Crippen LogP contribution in [-0.2, 0) is 13.0 Å². The minimum Gasteiger partial charge on any atom is -0.493 e. The van der Waals surface area contributed by atoms with E-state index in [-0.39, 0.29) is 29.9 Å². The molecule has 0 bridgehead atoms. The van der Waals surface area contributed by atoms with Crippen LogP contribution >= 0.6 is 35.6 Å². The van der Waals surface area contributed by atoms with Gasteiger partial charge in [0, 0.05) is 39.8 Å². The number of hydrogen-bond acceptors (Lipinski definition) is 4. The van der Waals surface area contributed by atoms with Crippen molar-refractivity contribution in [2.24, 2.45) is 4.99 Å². The molecule has 2 aromatic rings. The van der Waals surface area contributed by atoms with Gasteiger partial charge in [-0.15, -0.1) is 24.0 Å². The van der Waals surface area contributed by atoms with E-state index in [0.717, 1.165) is 17.5 Å². The van der Waals surface area contributed by atoms with Crippen LogP contribution in [-0.4, -0.2) is 58.2 Å². The van der Waals surface area contributed by atoms with Gasteiger partial charge in [-0.2, -0.15) is 0 Å². The summed E-state index contributed by atoms with van der Waals surface area (Å²) < 4.78 is 11.0. The number of rotatable bonds is 9. The number of nitrogens with zero attached hydrogens (tertiary/aromatic N) is 2. The van der Waals surface area contributed by atoms with Crippen molar-refractivity contribution < 1.29 is 14.3 Å². The maximum absolute atomic E-state index is 12.1. The number of nitrogens with one attached hydrogen (secondary N) is 2. The highest BCUT2D eigenvalue weighted by molar-refractivity contribution is 14.0. The van der Waals surface area contributed by atoms with Gasteiger partial charge >= 0.3 is 0 Å².